The van der Waals surface area contributed by atoms with Crippen LogP contribution in [0.15, 0.2) is 334 Å². The van der Waals surface area contributed by atoms with Crippen LogP contribution in [0.1, 0.15) is 5.56 Å². The summed E-state index contributed by atoms with van der Waals surface area (Å²) in [4.78, 5) is 17.3. The summed E-state index contributed by atoms with van der Waals surface area (Å²) in [5, 5.41) is 26.2. The predicted octanol–water partition coefficient (Wildman–Crippen LogP) is 18.3. The van der Waals surface area contributed by atoms with Crippen LogP contribution >= 0.6 is 0 Å². The molecule has 0 fully saturated rings. The average molecular weight is 1270 g/mol. The molecule has 0 aliphatic carbocycles. The van der Waals surface area contributed by atoms with Crippen LogP contribution in [0.4, 0.5) is 0 Å². The molecule has 0 aliphatic rings. The number of benzene rings is 14. The molecule has 20 rings (SSSR count). The summed E-state index contributed by atoms with van der Waals surface area (Å²) in [7, 11) is -3.04. The summed E-state index contributed by atoms with van der Waals surface area (Å²) in [6.07, 6.45) is 0. The molecule has 20 aromatic rings. The first-order valence-corrected chi connectivity index (χ1v) is 35.1. The van der Waals surface area contributed by atoms with Gasteiger partial charge in [0.05, 0.1) is 66.8 Å². The second kappa shape index (κ2) is 21.7. The molecule has 0 atom stereocenters. The van der Waals surface area contributed by atoms with Gasteiger partial charge in [-0.25, -0.2) is 0 Å². The third kappa shape index (κ3) is 8.14. The van der Waals surface area contributed by atoms with Crippen molar-refractivity contribution in [3.05, 3.63) is 339 Å². The number of nitriles is 1. The molecule has 0 amide bonds. The Bertz CT molecular complexity index is 6330. The molecule has 0 saturated heterocycles. The quantitative estimate of drug-likeness (QED) is 0.101. The number of hydrogen-bond acceptors (Lipinski definition) is 4. The maximum atomic E-state index is 10.1. The monoisotopic (exact) mass is 1270 g/mol. The molecule has 456 valence electrons. The topological polar surface area (TPSA) is 87.1 Å². The van der Waals surface area contributed by atoms with Crippen LogP contribution in [0.5, 0.6) is 0 Å². The van der Waals surface area contributed by atoms with E-state index < -0.39 is 8.07 Å². The maximum Gasteiger partial charge on any atom is 0.240 e. The van der Waals surface area contributed by atoms with E-state index in [1.807, 2.05) is 12.1 Å². The van der Waals surface area contributed by atoms with E-state index >= 15 is 0 Å². The lowest BCUT2D eigenvalue weighted by atomic mass is 10.1. The van der Waals surface area contributed by atoms with Crippen molar-refractivity contribution >= 4 is 138 Å². The number of para-hydroxylation sites is 6. The minimum Gasteiger partial charge on any atom is -0.309 e. The third-order valence-corrected chi connectivity index (χ3v) is 25.1. The average Bonchev–Trinajstić information content (AvgIpc) is 1.35. The fraction of sp³-hybridized carbons (Fsp3) is 0. The molecule has 0 N–H and O–H groups in total. The number of fused-ring (bicyclic) bond motifs is 15. The van der Waals surface area contributed by atoms with Crippen molar-refractivity contribution in [2.24, 2.45) is 0 Å². The summed E-state index contributed by atoms with van der Waals surface area (Å²) in [5.74, 6) is 1.49. The summed E-state index contributed by atoms with van der Waals surface area (Å²) < 4.78 is 11.6. The molecule has 9 nitrogen and oxygen atoms in total. The minimum absolute atomic E-state index is 0.478. The van der Waals surface area contributed by atoms with Gasteiger partial charge in [0.15, 0.2) is 13.9 Å². The lowest BCUT2D eigenvalue weighted by Crippen LogP contribution is -2.74. The number of nitrogens with zero attached hydrogens (tertiary/aromatic N) is 9. The number of aromatic nitrogens is 8. The number of hydrogen-bond donors (Lipinski definition) is 0. The van der Waals surface area contributed by atoms with Crippen LogP contribution in [0, 0.1) is 11.3 Å². The molecule has 0 saturated carbocycles. The van der Waals surface area contributed by atoms with E-state index in [0.717, 1.165) is 110 Å². The van der Waals surface area contributed by atoms with Crippen molar-refractivity contribution in [2.75, 3.05) is 0 Å². The van der Waals surface area contributed by atoms with Crippen LogP contribution in [0.25, 0.3) is 149 Å². The van der Waals surface area contributed by atoms with Gasteiger partial charge in [-0.2, -0.15) is 20.2 Å². The SMILES string of the molecule is N#Cc1ccc2c(c1)c1ccccc1n2-c1ccc2c(c1)c1ccccc1n2-c1nc(-c2cccc([Si](c3ccccc3)(c3ccccc3)c3ccccc3)c2)nc(-n2c3ccc(-n4c5ccccc5c5ccccc54)cc3c3cc(-n4c5ccccc5c5ccccc54)ccc32)n1. The Labute approximate surface area is 563 Å². The van der Waals surface area contributed by atoms with Gasteiger partial charge in [0.1, 0.15) is 0 Å². The molecule has 0 aliphatic heterocycles. The fourth-order valence-electron chi connectivity index (χ4n) is 16.2. The second-order valence-corrected chi connectivity index (χ2v) is 29.2. The van der Waals surface area contributed by atoms with E-state index in [1.54, 1.807) is 0 Å². The highest BCUT2D eigenvalue weighted by Gasteiger charge is 2.41. The molecule has 6 aromatic heterocycles. The van der Waals surface area contributed by atoms with E-state index in [4.69, 9.17) is 15.0 Å². The van der Waals surface area contributed by atoms with Gasteiger partial charge < -0.3 is 13.7 Å². The number of rotatable bonds is 10. The van der Waals surface area contributed by atoms with Crippen molar-refractivity contribution in [3.8, 4) is 46.4 Å². The van der Waals surface area contributed by atoms with Gasteiger partial charge in [0, 0.05) is 76.5 Å². The Morgan fingerprint density at radius 3 is 0.918 bits per heavy atom. The highest BCUT2D eigenvalue weighted by molar-refractivity contribution is 7.20. The van der Waals surface area contributed by atoms with Gasteiger partial charge in [0.25, 0.3) is 0 Å². The smallest absolute Gasteiger partial charge is 0.240 e. The van der Waals surface area contributed by atoms with Crippen LogP contribution in [0.2, 0.25) is 0 Å². The zero-order chi connectivity index (χ0) is 64.6. The van der Waals surface area contributed by atoms with Crippen molar-refractivity contribution in [1.82, 2.24) is 37.8 Å². The molecule has 6 heterocycles. The summed E-state index contributed by atoms with van der Waals surface area (Å²) >= 11 is 0. The predicted molar refractivity (Wildman–Crippen MR) is 405 cm³/mol. The Kier molecular flexibility index (Phi) is 12.2. The van der Waals surface area contributed by atoms with Gasteiger partial charge in [-0.05, 0) is 130 Å². The van der Waals surface area contributed by atoms with Crippen molar-refractivity contribution in [1.29, 1.82) is 5.26 Å². The van der Waals surface area contributed by atoms with E-state index in [9.17, 15) is 5.26 Å². The molecule has 0 radical (unpaired) electrons. The summed E-state index contributed by atoms with van der Waals surface area (Å²) in [6, 6.07) is 123. The zero-order valence-electron chi connectivity index (χ0n) is 52.8. The van der Waals surface area contributed by atoms with E-state index in [-0.39, 0.29) is 0 Å². The molecule has 10 heteroatoms. The van der Waals surface area contributed by atoms with E-state index in [2.05, 4.69) is 350 Å². The van der Waals surface area contributed by atoms with Crippen LogP contribution in [-0.2, 0) is 0 Å². The Morgan fingerprint density at radius 1 is 0.235 bits per heavy atom. The molecular formula is C88H55N9Si. The van der Waals surface area contributed by atoms with Gasteiger partial charge in [0.2, 0.25) is 11.9 Å². The second-order valence-electron chi connectivity index (χ2n) is 25.4. The van der Waals surface area contributed by atoms with Crippen LogP contribution in [-0.4, -0.2) is 45.9 Å². The minimum atomic E-state index is -3.04. The van der Waals surface area contributed by atoms with Crippen LogP contribution < -0.4 is 20.7 Å². The van der Waals surface area contributed by atoms with E-state index in [1.165, 1.54) is 42.3 Å². The standard InChI is InChI=1S/C88H55N9Si/c89-56-57-43-47-82-72(51-57)70-35-14-20-41-80(70)95(82)59-44-48-83-73(53-59)71-36-15-21-42-81(71)96(83)87-90-86(58-23-22-30-65(52-58)98(62-24-4-1-5-25-62,63-26-6-2-7-27-63)64-28-8-3-9-29-64)91-88(92-87)97-84-49-45-60(93-76-37-16-10-31-66(76)67-32-11-17-38-77(67)93)54-74(84)75-55-61(46-50-85(75)97)94-78-39-18-12-33-68(78)69-34-13-19-40-79(69)94/h1-55H. The van der Waals surface area contributed by atoms with Gasteiger partial charge in [-0.15, -0.1) is 0 Å². The summed E-state index contributed by atoms with van der Waals surface area (Å²) in [6.45, 7) is 0. The Hall–Kier alpha value is -13.2. The first kappa shape index (κ1) is 55.3. The van der Waals surface area contributed by atoms with Crippen molar-refractivity contribution in [2.45, 2.75) is 0 Å². The normalized spacial score (nSPS) is 12.1. The maximum absolute atomic E-state index is 10.1. The first-order valence-electron chi connectivity index (χ1n) is 33.1. The Balaban J connectivity index is 0.872. The highest BCUT2D eigenvalue weighted by Crippen LogP contribution is 2.42. The molecule has 0 unspecified atom stereocenters. The fourth-order valence-corrected chi connectivity index (χ4v) is 21.0. The van der Waals surface area contributed by atoms with E-state index in [0.29, 0.717) is 23.3 Å². The molecule has 14 aromatic carbocycles. The van der Waals surface area contributed by atoms with Crippen molar-refractivity contribution in [3.63, 3.8) is 0 Å². The lowest BCUT2D eigenvalue weighted by Gasteiger charge is -2.34. The van der Waals surface area contributed by atoms with Crippen LogP contribution in [0.3, 0.4) is 0 Å². The lowest BCUT2D eigenvalue weighted by molar-refractivity contribution is 0.892. The highest BCUT2D eigenvalue weighted by atomic mass is 28.3. The largest absolute Gasteiger partial charge is 0.309 e. The summed E-state index contributed by atoms with van der Waals surface area (Å²) in [5.41, 5.74) is 15.0. The van der Waals surface area contributed by atoms with Crippen molar-refractivity contribution < 1.29 is 0 Å². The van der Waals surface area contributed by atoms with Gasteiger partial charge >= 0.3 is 0 Å². The Morgan fingerprint density at radius 2 is 0.531 bits per heavy atom. The third-order valence-electron chi connectivity index (χ3n) is 20.3. The molecule has 0 bridgehead atoms. The molecule has 98 heavy (non-hydrogen) atoms. The molecular weight excluding hydrogens is 1210 g/mol. The zero-order valence-corrected chi connectivity index (χ0v) is 53.8. The van der Waals surface area contributed by atoms with Gasteiger partial charge in [-0.1, -0.05) is 224 Å². The molecule has 0 spiro atoms. The first-order chi connectivity index (χ1) is 48.6. The van der Waals surface area contributed by atoms with Gasteiger partial charge in [-0.3, -0.25) is 9.13 Å².